The van der Waals surface area contributed by atoms with Gasteiger partial charge in [-0.2, -0.15) is 5.10 Å². The van der Waals surface area contributed by atoms with E-state index in [0.29, 0.717) is 13.2 Å². The van der Waals surface area contributed by atoms with Crippen LogP contribution < -0.4 is 0 Å². The Balaban J connectivity index is 1.48. The largest absolute Gasteiger partial charge is 0.445 e. The van der Waals surface area contributed by atoms with Gasteiger partial charge in [-0.1, -0.05) is 36.4 Å². The number of fused-ring (bicyclic) bond motifs is 2. The molecule has 2 atom stereocenters. The smallest absolute Gasteiger partial charge is 0.411 e. The summed E-state index contributed by atoms with van der Waals surface area (Å²) in [6, 6.07) is 9.65. The second-order valence-electron chi connectivity index (χ2n) is 6.69. The topological polar surface area (TPSA) is 56.6 Å². The maximum absolute atomic E-state index is 12.7. The van der Waals surface area contributed by atoms with Crippen molar-refractivity contribution in [1.82, 2.24) is 14.7 Å². The van der Waals surface area contributed by atoms with E-state index in [1.807, 2.05) is 46.1 Å². The molecule has 4 rings (SSSR count). The van der Waals surface area contributed by atoms with Crippen LogP contribution in [0.25, 0.3) is 5.57 Å². The van der Waals surface area contributed by atoms with E-state index in [2.05, 4.69) is 24.3 Å². The number of rotatable bonds is 4. The van der Waals surface area contributed by atoms with Crippen LogP contribution in [0.3, 0.4) is 0 Å². The quantitative estimate of drug-likeness (QED) is 0.848. The molecule has 1 saturated heterocycles. The van der Waals surface area contributed by atoms with Gasteiger partial charge in [-0.05, 0) is 24.5 Å². The van der Waals surface area contributed by atoms with Crippen molar-refractivity contribution in [3.8, 4) is 0 Å². The molecule has 0 N–H and O–H groups in total. The van der Waals surface area contributed by atoms with Crippen molar-refractivity contribution in [2.24, 2.45) is 0 Å². The second-order valence-corrected chi connectivity index (χ2v) is 6.69. The van der Waals surface area contributed by atoms with Gasteiger partial charge in [0.25, 0.3) is 0 Å². The first-order valence-corrected chi connectivity index (χ1v) is 9.05. The van der Waals surface area contributed by atoms with Gasteiger partial charge in [0, 0.05) is 18.3 Å². The molecule has 2 unspecified atom stereocenters. The minimum atomic E-state index is -0.272. The summed E-state index contributed by atoms with van der Waals surface area (Å²) < 4.78 is 13.1. The Morgan fingerprint density at radius 1 is 1.31 bits per heavy atom. The van der Waals surface area contributed by atoms with Gasteiger partial charge in [0.1, 0.15) is 6.61 Å². The van der Waals surface area contributed by atoms with Crippen molar-refractivity contribution in [1.29, 1.82) is 0 Å². The van der Waals surface area contributed by atoms with Gasteiger partial charge in [-0.3, -0.25) is 9.58 Å². The molecule has 1 aromatic heterocycles. The number of hydrogen-bond donors (Lipinski definition) is 0. The molecule has 0 spiro atoms. The van der Waals surface area contributed by atoms with Crippen molar-refractivity contribution < 1.29 is 14.3 Å². The van der Waals surface area contributed by atoms with Gasteiger partial charge < -0.3 is 9.47 Å². The van der Waals surface area contributed by atoms with E-state index in [4.69, 9.17) is 9.47 Å². The van der Waals surface area contributed by atoms with Gasteiger partial charge in [-0.15, -0.1) is 0 Å². The van der Waals surface area contributed by atoms with Crippen LogP contribution in [0.5, 0.6) is 0 Å². The number of nitrogens with zero attached hydrogens (tertiary/aromatic N) is 3. The SMILES string of the molecule is CCn1cc(C2=CC3COCC(C2)N3C(=O)OCc2ccccc2)cn1. The highest BCUT2D eigenvalue weighted by Gasteiger charge is 2.39. The molecule has 1 aromatic carbocycles. The van der Waals surface area contributed by atoms with Crippen molar-refractivity contribution in [2.75, 3.05) is 13.2 Å². The van der Waals surface area contributed by atoms with Crippen LogP contribution in [-0.2, 0) is 22.6 Å². The third-order valence-electron chi connectivity index (χ3n) is 4.94. The summed E-state index contributed by atoms with van der Waals surface area (Å²) in [6.07, 6.45) is 6.57. The van der Waals surface area contributed by atoms with Crippen LogP contribution >= 0.6 is 0 Å². The maximum Gasteiger partial charge on any atom is 0.411 e. The highest BCUT2D eigenvalue weighted by molar-refractivity contribution is 5.74. The number of ether oxygens (including phenoxy) is 2. The summed E-state index contributed by atoms with van der Waals surface area (Å²) in [6.45, 7) is 4.25. The monoisotopic (exact) mass is 353 g/mol. The van der Waals surface area contributed by atoms with Crippen molar-refractivity contribution in [3.05, 3.63) is 59.9 Å². The molecule has 2 bridgehead atoms. The van der Waals surface area contributed by atoms with E-state index in [9.17, 15) is 4.79 Å². The second kappa shape index (κ2) is 7.33. The zero-order valence-corrected chi connectivity index (χ0v) is 14.9. The highest BCUT2D eigenvalue weighted by Crippen LogP contribution is 2.32. The predicted octanol–water partition coefficient (Wildman–Crippen LogP) is 3.10. The summed E-state index contributed by atoms with van der Waals surface area (Å²) in [5, 5.41) is 4.36. The van der Waals surface area contributed by atoms with E-state index in [0.717, 1.165) is 24.1 Å². The lowest BCUT2D eigenvalue weighted by atomic mass is 9.91. The first-order valence-electron chi connectivity index (χ1n) is 9.05. The van der Waals surface area contributed by atoms with Gasteiger partial charge in [0.2, 0.25) is 0 Å². The fraction of sp³-hybridized carbons (Fsp3) is 0.400. The summed E-state index contributed by atoms with van der Waals surface area (Å²) in [4.78, 5) is 14.5. The molecule has 2 aliphatic rings. The molecular weight excluding hydrogens is 330 g/mol. The third kappa shape index (κ3) is 3.37. The number of benzene rings is 1. The van der Waals surface area contributed by atoms with Gasteiger partial charge >= 0.3 is 6.09 Å². The summed E-state index contributed by atoms with van der Waals surface area (Å²) in [7, 11) is 0. The molecule has 0 aliphatic carbocycles. The molecule has 6 heteroatoms. The number of amides is 1. The molecule has 136 valence electrons. The molecule has 0 saturated carbocycles. The van der Waals surface area contributed by atoms with Crippen LogP contribution in [0.1, 0.15) is 24.5 Å². The lowest BCUT2D eigenvalue weighted by Crippen LogP contribution is -2.56. The molecule has 0 radical (unpaired) electrons. The summed E-state index contributed by atoms with van der Waals surface area (Å²) >= 11 is 0. The van der Waals surface area contributed by atoms with Crippen LogP contribution in [-0.4, -0.2) is 46.1 Å². The molecule has 3 heterocycles. The lowest BCUT2D eigenvalue weighted by Gasteiger charge is -2.43. The van der Waals surface area contributed by atoms with Gasteiger partial charge in [-0.25, -0.2) is 4.79 Å². The average Bonchev–Trinajstić information content (AvgIpc) is 3.15. The molecule has 2 aliphatic heterocycles. The number of carbonyl (C=O) groups excluding carboxylic acids is 1. The molecule has 1 amide bonds. The Bertz CT molecular complexity index is 800. The normalized spacial score (nSPS) is 22.0. The van der Waals surface area contributed by atoms with Crippen molar-refractivity contribution >= 4 is 11.7 Å². The van der Waals surface area contributed by atoms with E-state index < -0.39 is 0 Å². The van der Waals surface area contributed by atoms with Gasteiger partial charge in [0.05, 0.1) is 31.5 Å². The molecule has 1 fully saturated rings. The number of aromatic nitrogens is 2. The van der Waals surface area contributed by atoms with Crippen molar-refractivity contribution in [3.63, 3.8) is 0 Å². The minimum Gasteiger partial charge on any atom is -0.445 e. The zero-order valence-electron chi connectivity index (χ0n) is 14.9. The number of carbonyl (C=O) groups is 1. The van der Waals surface area contributed by atoms with E-state index >= 15 is 0 Å². The maximum atomic E-state index is 12.7. The first kappa shape index (κ1) is 16.8. The van der Waals surface area contributed by atoms with E-state index in [1.165, 1.54) is 5.57 Å². The van der Waals surface area contributed by atoms with Crippen LogP contribution in [0.15, 0.2) is 48.8 Å². The summed E-state index contributed by atoms with van der Waals surface area (Å²) in [5.74, 6) is 0. The zero-order chi connectivity index (χ0) is 17.9. The Morgan fingerprint density at radius 3 is 2.88 bits per heavy atom. The third-order valence-corrected chi connectivity index (χ3v) is 4.94. The highest BCUT2D eigenvalue weighted by atomic mass is 16.6. The Labute approximate surface area is 153 Å². The van der Waals surface area contributed by atoms with Crippen molar-refractivity contribution in [2.45, 2.75) is 38.6 Å². The van der Waals surface area contributed by atoms with Gasteiger partial charge in [0.15, 0.2) is 0 Å². The fourth-order valence-corrected chi connectivity index (χ4v) is 3.59. The lowest BCUT2D eigenvalue weighted by molar-refractivity contribution is -0.0342. The Hall–Kier alpha value is -2.60. The minimum absolute atomic E-state index is 0.00185. The van der Waals surface area contributed by atoms with Crippen LogP contribution in [0.4, 0.5) is 4.79 Å². The Kier molecular flexibility index (Phi) is 4.75. The van der Waals surface area contributed by atoms with E-state index in [1.54, 1.807) is 0 Å². The standard InChI is InChI=1S/C20H23N3O3/c1-2-22-11-17(10-21-22)16-8-18-13-25-14-19(9-16)23(18)20(24)26-12-15-6-4-3-5-7-15/h3-8,10-11,18-19H,2,9,12-14H2,1H3. The first-order chi connectivity index (χ1) is 12.7. The molecule has 6 nitrogen and oxygen atoms in total. The number of morpholine rings is 1. The van der Waals surface area contributed by atoms with E-state index in [-0.39, 0.29) is 24.8 Å². The molecule has 2 aromatic rings. The number of aryl methyl sites for hydroxylation is 1. The number of hydrogen-bond acceptors (Lipinski definition) is 4. The average molecular weight is 353 g/mol. The Morgan fingerprint density at radius 2 is 2.15 bits per heavy atom. The van der Waals surface area contributed by atoms with Crippen LogP contribution in [0, 0.1) is 0 Å². The summed E-state index contributed by atoms with van der Waals surface area (Å²) in [5.41, 5.74) is 3.35. The fourth-order valence-electron chi connectivity index (χ4n) is 3.59. The predicted molar refractivity (Wildman–Crippen MR) is 97.4 cm³/mol. The molecule has 26 heavy (non-hydrogen) atoms. The molecular formula is C20H23N3O3. The van der Waals surface area contributed by atoms with Crippen LogP contribution in [0.2, 0.25) is 0 Å².